The third-order valence-electron chi connectivity index (χ3n) is 2.54. The maximum atomic E-state index is 10.7. The molecule has 3 N–H and O–H groups in total. The molecule has 1 aromatic heterocycles. The van der Waals surface area contributed by atoms with Gasteiger partial charge in [0, 0.05) is 18.3 Å². The van der Waals surface area contributed by atoms with Crippen molar-refractivity contribution in [2.75, 3.05) is 5.43 Å². The van der Waals surface area contributed by atoms with Gasteiger partial charge in [0.2, 0.25) is 0 Å². The minimum Gasteiger partial charge on any atom is -0.484 e. The number of non-ortho nitro benzene ring substituents is 1. The molecule has 0 fully saturated rings. The lowest BCUT2D eigenvalue weighted by molar-refractivity contribution is -0.384. The molecule has 0 aliphatic rings. The molecule has 0 amide bonds. The number of nitrogens with two attached hydrogens (primary N) is 1. The van der Waals surface area contributed by atoms with E-state index in [4.69, 9.17) is 33.8 Å². The van der Waals surface area contributed by atoms with Gasteiger partial charge in [0.25, 0.3) is 5.69 Å². The van der Waals surface area contributed by atoms with Crippen LogP contribution < -0.4 is 16.0 Å². The summed E-state index contributed by atoms with van der Waals surface area (Å²) in [4.78, 5) is 14.2. The fourth-order valence-electron chi connectivity index (χ4n) is 1.58. The lowest BCUT2D eigenvalue weighted by Crippen LogP contribution is -2.08. The highest BCUT2D eigenvalue weighted by atomic mass is 35.5. The summed E-state index contributed by atoms with van der Waals surface area (Å²) in [6.07, 6.45) is 1.56. The van der Waals surface area contributed by atoms with E-state index in [-0.39, 0.29) is 28.1 Å². The second-order valence-electron chi connectivity index (χ2n) is 3.96. The fourth-order valence-corrected chi connectivity index (χ4v) is 2.17. The van der Waals surface area contributed by atoms with Gasteiger partial charge in [0.1, 0.15) is 6.61 Å². The first-order valence-electron chi connectivity index (χ1n) is 5.69. The number of nitrogen functional groups attached to an aromatic ring is 1. The quantitative estimate of drug-likeness (QED) is 0.496. The van der Waals surface area contributed by atoms with Crippen LogP contribution in [0.1, 0.15) is 5.69 Å². The summed E-state index contributed by atoms with van der Waals surface area (Å²) in [6.45, 7) is 0.0901. The predicted octanol–water partition coefficient (Wildman–Crippen LogP) is 3.16. The Labute approximate surface area is 129 Å². The second-order valence-corrected chi connectivity index (χ2v) is 4.78. The molecule has 9 heteroatoms. The van der Waals surface area contributed by atoms with Gasteiger partial charge in [-0.1, -0.05) is 23.2 Å². The number of aromatic nitrogens is 1. The molecular weight excluding hydrogens is 319 g/mol. The third kappa shape index (κ3) is 3.72. The number of halogens is 2. The highest BCUT2D eigenvalue weighted by Crippen LogP contribution is 2.37. The van der Waals surface area contributed by atoms with Crippen molar-refractivity contribution in [1.82, 2.24) is 4.98 Å². The van der Waals surface area contributed by atoms with Crippen molar-refractivity contribution >= 4 is 34.6 Å². The van der Waals surface area contributed by atoms with Crippen LogP contribution in [-0.4, -0.2) is 9.91 Å². The van der Waals surface area contributed by atoms with Crippen LogP contribution in [0.4, 0.5) is 11.4 Å². The minimum atomic E-state index is -0.584. The van der Waals surface area contributed by atoms with Crippen LogP contribution in [0.25, 0.3) is 0 Å². The SMILES string of the molecule is NNc1ccnc(COc2c(Cl)cc([N+](=O)[O-])cc2Cl)c1. The molecular formula is C12H10Cl2N4O3. The van der Waals surface area contributed by atoms with E-state index in [2.05, 4.69) is 10.4 Å². The first-order valence-corrected chi connectivity index (χ1v) is 6.44. The Balaban J connectivity index is 2.18. The number of benzene rings is 1. The van der Waals surface area contributed by atoms with Crippen molar-refractivity contribution in [3.8, 4) is 5.75 Å². The highest BCUT2D eigenvalue weighted by molar-refractivity contribution is 6.37. The smallest absolute Gasteiger partial charge is 0.272 e. The highest BCUT2D eigenvalue weighted by Gasteiger charge is 2.16. The number of nitro groups is 1. The van der Waals surface area contributed by atoms with E-state index in [9.17, 15) is 10.1 Å². The Bertz CT molecular complexity index is 658. The normalized spacial score (nSPS) is 10.2. The van der Waals surface area contributed by atoms with E-state index in [0.717, 1.165) is 0 Å². The molecule has 0 aliphatic heterocycles. The van der Waals surface area contributed by atoms with E-state index in [1.807, 2.05) is 0 Å². The van der Waals surface area contributed by atoms with E-state index < -0.39 is 4.92 Å². The van der Waals surface area contributed by atoms with Gasteiger partial charge in [-0.25, -0.2) is 0 Å². The number of nitrogens with zero attached hydrogens (tertiary/aromatic N) is 2. The summed E-state index contributed by atoms with van der Waals surface area (Å²) < 4.78 is 5.47. The number of nitrogens with one attached hydrogen (secondary N) is 1. The average molecular weight is 329 g/mol. The number of hydrazine groups is 1. The van der Waals surface area contributed by atoms with E-state index in [0.29, 0.717) is 11.4 Å². The first-order chi connectivity index (χ1) is 10.0. The lowest BCUT2D eigenvalue weighted by Gasteiger charge is -2.10. The van der Waals surface area contributed by atoms with E-state index in [1.165, 1.54) is 12.1 Å². The Morgan fingerprint density at radius 3 is 2.57 bits per heavy atom. The minimum absolute atomic E-state index is 0.0577. The molecule has 2 rings (SSSR count). The Hall–Kier alpha value is -2.09. The van der Waals surface area contributed by atoms with Crippen molar-refractivity contribution in [2.24, 2.45) is 5.84 Å². The summed E-state index contributed by atoms with van der Waals surface area (Å²) >= 11 is 11.9. The molecule has 110 valence electrons. The molecule has 21 heavy (non-hydrogen) atoms. The van der Waals surface area contributed by atoms with E-state index in [1.54, 1.807) is 18.3 Å². The number of nitro benzene ring substituents is 1. The van der Waals surface area contributed by atoms with Crippen molar-refractivity contribution in [2.45, 2.75) is 6.61 Å². The molecule has 0 saturated carbocycles. The third-order valence-corrected chi connectivity index (χ3v) is 3.10. The Morgan fingerprint density at radius 2 is 2.00 bits per heavy atom. The van der Waals surface area contributed by atoms with Gasteiger partial charge in [-0.15, -0.1) is 0 Å². The standard InChI is InChI=1S/C12H10Cl2N4O3/c13-10-4-9(18(19)20)5-11(14)12(10)21-6-8-3-7(17-15)1-2-16-8/h1-5H,6,15H2,(H,16,17). The number of ether oxygens (including phenoxy) is 1. The van der Waals surface area contributed by atoms with Crippen LogP contribution in [0, 0.1) is 10.1 Å². The van der Waals surface area contributed by atoms with Crippen LogP contribution >= 0.6 is 23.2 Å². The molecule has 1 aromatic carbocycles. The number of anilines is 1. The molecule has 0 bridgehead atoms. The summed E-state index contributed by atoms with van der Waals surface area (Å²) in [6, 6.07) is 5.73. The molecule has 0 atom stereocenters. The zero-order chi connectivity index (χ0) is 15.4. The topological polar surface area (TPSA) is 103 Å². The van der Waals surface area contributed by atoms with Crippen molar-refractivity contribution in [1.29, 1.82) is 0 Å². The molecule has 1 heterocycles. The monoisotopic (exact) mass is 328 g/mol. The van der Waals surface area contributed by atoms with Gasteiger partial charge < -0.3 is 10.2 Å². The van der Waals surface area contributed by atoms with Crippen LogP contribution in [0.2, 0.25) is 10.0 Å². The summed E-state index contributed by atoms with van der Waals surface area (Å²) in [5.41, 5.74) is 3.55. The number of hydrogen-bond donors (Lipinski definition) is 2. The molecule has 7 nitrogen and oxygen atoms in total. The van der Waals surface area contributed by atoms with Crippen LogP contribution in [-0.2, 0) is 6.61 Å². The maximum absolute atomic E-state index is 10.7. The maximum Gasteiger partial charge on any atom is 0.272 e. The summed E-state index contributed by atoms with van der Waals surface area (Å²) in [5.74, 6) is 5.46. The predicted molar refractivity (Wildman–Crippen MR) is 79.5 cm³/mol. The van der Waals surface area contributed by atoms with Gasteiger partial charge in [0.15, 0.2) is 5.75 Å². The molecule has 2 aromatic rings. The number of pyridine rings is 1. The summed E-state index contributed by atoms with van der Waals surface area (Å²) in [5, 5.41) is 10.8. The number of rotatable bonds is 5. The molecule has 0 spiro atoms. The second kappa shape index (κ2) is 6.57. The van der Waals surface area contributed by atoms with Crippen LogP contribution in [0.3, 0.4) is 0 Å². The molecule has 0 radical (unpaired) electrons. The molecule has 0 aliphatic carbocycles. The molecule has 0 saturated heterocycles. The van der Waals surface area contributed by atoms with Crippen LogP contribution in [0.15, 0.2) is 30.5 Å². The summed E-state index contributed by atoms with van der Waals surface area (Å²) in [7, 11) is 0. The average Bonchev–Trinajstić information content (AvgIpc) is 2.46. The van der Waals surface area contributed by atoms with Crippen molar-refractivity contribution in [3.63, 3.8) is 0 Å². The van der Waals surface area contributed by atoms with Gasteiger partial charge >= 0.3 is 0 Å². The van der Waals surface area contributed by atoms with E-state index >= 15 is 0 Å². The fraction of sp³-hybridized carbons (Fsp3) is 0.0833. The Kier molecular flexibility index (Phi) is 4.79. The Morgan fingerprint density at radius 1 is 1.33 bits per heavy atom. The van der Waals surface area contributed by atoms with Gasteiger partial charge in [-0.2, -0.15) is 0 Å². The van der Waals surface area contributed by atoms with Gasteiger partial charge in [-0.05, 0) is 12.1 Å². The zero-order valence-electron chi connectivity index (χ0n) is 10.5. The van der Waals surface area contributed by atoms with Gasteiger partial charge in [0.05, 0.1) is 26.3 Å². The first kappa shape index (κ1) is 15.3. The van der Waals surface area contributed by atoms with Gasteiger partial charge in [-0.3, -0.25) is 20.9 Å². The lowest BCUT2D eigenvalue weighted by atomic mass is 10.3. The largest absolute Gasteiger partial charge is 0.484 e. The van der Waals surface area contributed by atoms with Crippen molar-refractivity contribution < 1.29 is 9.66 Å². The van der Waals surface area contributed by atoms with Crippen LogP contribution in [0.5, 0.6) is 5.75 Å². The zero-order valence-corrected chi connectivity index (χ0v) is 12.1. The van der Waals surface area contributed by atoms with Crippen molar-refractivity contribution in [3.05, 3.63) is 56.3 Å². The molecule has 0 unspecified atom stereocenters. The number of hydrogen-bond acceptors (Lipinski definition) is 6.